The largest absolute Gasteiger partial charge is 0.350 e. The number of amides is 1. The van der Waals surface area contributed by atoms with E-state index in [2.05, 4.69) is 10.0 Å². The zero-order chi connectivity index (χ0) is 16.1. The molecule has 0 aliphatic carbocycles. The van der Waals surface area contributed by atoms with E-state index >= 15 is 0 Å². The molecule has 0 heterocycles. The fourth-order valence-electron chi connectivity index (χ4n) is 1.71. The van der Waals surface area contributed by atoms with Gasteiger partial charge in [-0.15, -0.1) is 0 Å². The highest BCUT2D eigenvalue weighted by atomic mass is 32.2. The maximum absolute atomic E-state index is 12.1. The summed E-state index contributed by atoms with van der Waals surface area (Å²) < 4.78 is 26.4. The molecule has 0 spiro atoms. The highest BCUT2D eigenvalue weighted by Crippen LogP contribution is 2.10. The first kappa shape index (κ1) is 17.6. The van der Waals surface area contributed by atoms with Gasteiger partial charge >= 0.3 is 0 Å². The Labute approximate surface area is 126 Å². The van der Waals surface area contributed by atoms with Crippen molar-refractivity contribution in [1.29, 1.82) is 0 Å². The van der Waals surface area contributed by atoms with Crippen LogP contribution < -0.4 is 15.8 Å². The van der Waals surface area contributed by atoms with E-state index in [-0.39, 0.29) is 17.3 Å². The second kappa shape index (κ2) is 7.02. The van der Waals surface area contributed by atoms with Crippen LogP contribution in [0.15, 0.2) is 29.2 Å². The third kappa shape index (κ3) is 6.24. The first-order valence-electron chi connectivity index (χ1n) is 6.74. The van der Waals surface area contributed by atoms with Crippen molar-refractivity contribution < 1.29 is 13.2 Å². The number of carbonyl (C=O) groups is 1. The molecule has 1 aromatic carbocycles. The lowest BCUT2D eigenvalue weighted by Crippen LogP contribution is -2.45. The normalized spacial score (nSPS) is 12.2. The Morgan fingerprint density at radius 2 is 1.76 bits per heavy atom. The van der Waals surface area contributed by atoms with Crippen LogP contribution in [0, 0.1) is 0 Å². The average Bonchev–Trinajstić information content (AvgIpc) is 2.36. The van der Waals surface area contributed by atoms with E-state index in [0.717, 1.165) is 5.56 Å². The van der Waals surface area contributed by atoms with E-state index in [9.17, 15) is 13.2 Å². The van der Waals surface area contributed by atoms with Gasteiger partial charge in [-0.05, 0) is 51.4 Å². The van der Waals surface area contributed by atoms with Crippen LogP contribution in [-0.2, 0) is 21.2 Å². The number of rotatable bonds is 6. The van der Waals surface area contributed by atoms with Crippen molar-refractivity contribution in [2.24, 2.45) is 5.73 Å². The number of sulfonamides is 1. The Morgan fingerprint density at radius 1 is 1.19 bits per heavy atom. The van der Waals surface area contributed by atoms with E-state index in [1.165, 1.54) is 12.1 Å². The van der Waals surface area contributed by atoms with Crippen molar-refractivity contribution in [1.82, 2.24) is 10.0 Å². The van der Waals surface area contributed by atoms with Crippen molar-refractivity contribution in [3.8, 4) is 0 Å². The van der Waals surface area contributed by atoms with Crippen molar-refractivity contribution in [2.45, 2.75) is 37.6 Å². The monoisotopic (exact) mass is 313 g/mol. The molecule has 0 bridgehead atoms. The number of carbonyl (C=O) groups excluding carboxylic acids is 1. The zero-order valence-electron chi connectivity index (χ0n) is 12.6. The molecule has 1 aromatic rings. The van der Waals surface area contributed by atoms with Crippen molar-refractivity contribution in [3.63, 3.8) is 0 Å². The Balaban J connectivity index is 2.67. The van der Waals surface area contributed by atoms with Crippen LogP contribution in [0.4, 0.5) is 0 Å². The Kier molecular flexibility index (Phi) is 5.88. The summed E-state index contributed by atoms with van der Waals surface area (Å²) in [6.45, 7) is 5.71. The molecular formula is C14H23N3O3S. The molecule has 7 heteroatoms. The fourth-order valence-corrected chi connectivity index (χ4v) is 2.69. The zero-order valence-corrected chi connectivity index (χ0v) is 13.5. The van der Waals surface area contributed by atoms with Crippen LogP contribution in [0.2, 0.25) is 0 Å². The third-order valence-electron chi connectivity index (χ3n) is 2.60. The summed E-state index contributed by atoms with van der Waals surface area (Å²) in [6, 6.07) is 6.46. The van der Waals surface area contributed by atoms with E-state index < -0.39 is 15.6 Å². The standard InChI is InChI=1S/C14H23N3O3S/c1-14(2,3)17-13(18)10-16-21(19,20)12-6-4-11(5-7-12)8-9-15/h4-7,16H,8-10,15H2,1-3H3,(H,17,18). The lowest BCUT2D eigenvalue weighted by molar-refractivity contribution is -0.121. The molecule has 6 nitrogen and oxygen atoms in total. The van der Waals surface area contributed by atoms with E-state index in [1.807, 2.05) is 20.8 Å². The summed E-state index contributed by atoms with van der Waals surface area (Å²) in [5, 5.41) is 2.69. The van der Waals surface area contributed by atoms with Crippen molar-refractivity contribution >= 4 is 15.9 Å². The van der Waals surface area contributed by atoms with Gasteiger partial charge in [0, 0.05) is 5.54 Å². The van der Waals surface area contributed by atoms with Gasteiger partial charge in [-0.25, -0.2) is 13.1 Å². The molecule has 4 N–H and O–H groups in total. The summed E-state index contributed by atoms with van der Waals surface area (Å²) in [7, 11) is -3.68. The minimum Gasteiger partial charge on any atom is -0.350 e. The van der Waals surface area contributed by atoms with Crippen LogP contribution in [0.5, 0.6) is 0 Å². The number of hydrogen-bond donors (Lipinski definition) is 3. The van der Waals surface area contributed by atoms with E-state index in [1.54, 1.807) is 12.1 Å². The van der Waals surface area contributed by atoms with Gasteiger partial charge in [-0.1, -0.05) is 12.1 Å². The maximum atomic E-state index is 12.1. The molecule has 0 aromatic heterocycles. The minimum atomic E-state index is -3.68. The van der Waals surface area contributed by atoms with Crippen molar-refractivity contribution in [2.75, 3.05) is 13.1 Å². The predicted octanol–water partition coefficient (Wildman–Crippen LogP) is 0.381. The minimum absolute atomic E-state index is 0.131. The molecule has 0 aliphatic heterocycles. The highest BCUT2D eigenvalue weighted by molar-refractivity contribution is 7.89. The summed E-state index contributed by atoms with van der Waals surface area (Å²) in [5.41, 5.74) is 6.02. The second-order valence-corrected chi connectivity index (χ2v) is 7.57. The Bertz CT molecular complexity index is 574. The second-order valence-electron chi connectivity index (χ2n) is 5.81. The van der Waals surface area contributed by atoms with Crippen LogP contribution in [0.3, 0.4) is 0 Å². The van der Waals surface area contributed by atoms with Crippen LogP contribution in [0.1, 0.15) is 26.3 Å². The van der Waals surface area contributed by atoms with Gasteiger partial charge in [0.1, 0.15) is 0 Å². The van der Waals surface area contributed by atoms with Gasteiger partial charge < -0.3 is 11.1 Å². The molecule has 0 fully saturated rings. The smallest absolute Gasteiger partial charge is 0.241 e. The molecule has 0 saturated heterocycles. The van der Waals surface area contributed by atoms with Gasteiger partial charge in [0.2, 0.25) is 15.9 Å². The van der Waals surface area contributed by atoms with Gasteiger partial charge in [-0.2, -0.15) is 0 Å². The molecule has 0 aliphatic rings. The van der Waals surface area contributed by atoms with Gasteiger partial charge in [0.05, 0.1) is 11.4 Å². The van der Waals surface area contributed by atoms with Crippen LogP contribution in [0.25, 0.3) is 0 Å². The fraction of sp³-hybridized carbons (Fsp3) is 0.500. The molecule has 1 amide bonds. The number of benzene rings is 1. The topological polar surface area (TPSA) is 101 Å². The molecule has 0 atom stereocenters. The van der Waals surface area contributed by atoms with Gasteiger partial charge in [-0.3, -0.25) is 4.79 Å². The van der Waals surface area contributed by atoms with Gasteiger partial charge in [0.15, 0.2) is 0 Å². The average molecular weight is 313 g/mol. The summed E-state index contributed by atoms with van der Waals surface area (Å²) >= 11 is 0. The van der Waals surface area contributed by atoms with Crippen LogP contribution in [-0.4, -0.2) is 33.0 Å². The summed E-state index contributed by atoms with van der Waals surface area (Å²) in [5.74, 6) is -0.370. The molecule has 0 saturated carbocycles. The number of nitrogens with one attached hydrogen (secondary N) is 2. The number of hydrogen-bond acceptors (Lipinski definition) is 4. The SMILES string of the molecule is CC(C)(C)NC(=O)CNS(=O)(=O)c1ccc(CCN)cc1. The quantitative estimate of drug-likeness (QED) is 0.706. The molecule has 118 valence electrons. The Hall–Kier alpha value is -1.44. The molecular weight excluding hydrogens is 290 g/mol. The summed E-state index contributed by atoms with van der Waals surface area (Å²) in [6.07, 6.45) is 0.696. The third-order valence-corrected chi connectivity index (χ3v) is 4.02. The number of nitrogens with two attached hydrogens (primary N) is 1. The highest BCUT2D eigenvalue weighted by Gasteiger charge is 2.18. The first-order valence-corrected chi connectivity index (χ1v) is 8.22. The predicted molar refractivity (Wildman–Crippen MR) is 82.3 cm³/mol. The first-order chi connectivity index (χ1) is 9.64. The summed E-state index contributed by atoms with van der Waals surface area (Å²) in [4.78, 5) is 11.8. The maximum Gasteiger partial charge on any atom is 0.241 e. The molecule has 21 heavy (non-hydrogen) atoms. The molecule has 0 radical (unpaired) electrons. The van der Waals surface area contributed by atoms with E-state index in [0.29, 0.717) is 13.0 Å². The molecule has 0 unspecified atom stereocenters. The lowest BCUT2D eigenvalue weighted by Gasteiger charge is -2.20. The lowest BCUT2D eigenvalue weighted by atomic mass is 10.1. The molecule has 1 rings (SSSR count). The van der Waals surface area contributed by atoms with Crippen LogP contribution >= 0.6 is 0 Å². The van der Waals surface area contributed by atoms with E-state index in [4.69, 9.17) is 5.73 Å². The Morgan fingerprint density at radius 3 is 2.24 bits per heavy atom. The van der Waals surface area contributed by atoms with Crippen molar-refractivity contribution in [3.05, 3.63) is 29.8 Å². The van der Waals surface area contributed by atoms with Gasteiger partial charge in [0.25, 0.3) is 0 Å².